The van der Waals surface area contributed by atoms with E-state index in [2.05, 4.69) is 10.3 Å². The first kappa shape index (κ1) is 17.3. The maximum absolute atomic E-state index is 13.1. The molecule has 1 amide bonds. The lowest BCUT2D eigenvalue weighted by molar-refractivity contribution is 0.0666. The quantitative estimate of drug-likeness (QED) is 0.681. The van der Waals surface area contributed by atoms with Crippen LogP contribution >= 0.6 is 11.3 Å². The summed E-state index contributed by atoms with van der Waals surface area (Å²) in [6, 6.07) is 16.1. The van der Waals surface area contributed by atoms with Gasteiger partial charge in [-0.3, -0.25) is 4.79 Å². The summed E-state index contributed by atoms with van der Waals surface area (Å²) in [5, 5.41) is 6.61. The van der Waals surface area contributed by atoms with Crippen LogP contribution in [0.2, 0.25) is 0 Å². The molecule has 1 fully saturated rings. The molecule has 5 nitrogen and oxygen atoms in total. The van der Waals surface area contributed by atoms with Crippen molar-refractivity contribution in [2.45, 2.75) is 38.6 Å². The van der Waals surface area contributed by atoms with E-state index < -0.39 is 0 Å². The maximum atomic E-state index is 13.1. The maximum Gasteiger partial charge on any atom is 0.258 e. The summed E-state index contributed by atoms with van der Waals surface area (Å²) in [7, 11) is 0. The fourth-order valence-electron chi connectivity index (χ4n) is 3.62. The fourth-order valence-corrected chi connectivity index (χ4v) is 4.22. The van der Waals surface area contributed by atoms with Gasteiger partial charge in [-0.15, -0.1) is 11.3 Å². The Kier molecular flexibility index (Phi) is 4.28. The number of aryl methyl sites for hydroxylation is 1. The molecule has 1 saturated carbocycles. The van der Waals surface area contributed by atoms with Gasteiger partial charge in [0.15, 0.2) is 0 Å². The van der Waals surface area contributed by atoms with Gasteiger partial charge in [0.05, 0.1) is 16.3 Å². The van der Waals surface area contributed by atoms with Gasteiger partial charge in [0, 0.05) is 17.1 Å². The molecule has 0 spiro atoms. The monoisotopic (exact) mass is 391 g/mol. The molecular weight excluding hydrogens is 370 g/mol. The Bertz CT molecular complexity index is 1010. The first-order valence-electron chi connectivity index (χ1n) is 9.51. The summed E-state index contributed by atoms with van der Waals surface area (Å²) in [6.07, 6.45) is 1.99. The Hall–Kier alpha value is -2.86. The third kappa shape index (κ3) is 3.24. The van der Waals surface area contributed by atoms with Crippen molar-refractivity contribution in [2.24, 2.45) is 0 Å². The number of thiazole rings is 1. The summed E-state index contributed by atoms with van der Waals surface area (Å²) >= 11 is 1.63. The molecule has 28 heavy (non-hydrogen) atoms. The van der Waals surface area contributed by atoms with Gasteiger partial charge in [0.25, 0.3) is 5.91 Å². The van der Waals surface area contributed by atoms with Crippen LogP contribution in [0.25, 0.3) is 0 Å². The zero-order chi connectivity index (χ0) is 19.1. The van der Waals surface area contributed by atoms with E-state index in [0.29, 0.717) is 12.6 Å². The van der Waals surface area contributed by atoms with E-state index in [1.807, 2.05) is 65.7 Å². The van der Waals surface area contributed by atoms with E-state index >= 15 is 0 Å². The number of hydrogen-bond donors (Lipinski definition) is 1. The van der Waals surface area contributed by atoms with Crippen LogP contribution in [-0.2, 0) is 6.61 Å². The van der Waals surface area contributed by atoms with Crippen molar-refractivity contribution < 1.29 is 9.53 Å². The van der Waals surface area contributed by atoms with Crippen LogP contribution < -0.4 is 10.1 Å². The largest absolute Gasteiger partial charge is 0.487 e. The topological polar surface area (TPSA) is 54.5 Å². The molecule has 142 valence electrons. The lowest BCUT2D eigenvalue weighted by Gasteiger charge is -2.38. The second kappa shape index (κ2) is 6.95. The highest BCUT2D eigenvalue weighted by Gasteiger charge is 2.41. The Balaban J connectivity index is 1.36. The van der Waals surface area contributed by atoms with Crippen molar-refractivity contribution in [3.05, 3.63) is 75.7 Å². The highest BCUT2D eigenvalue weighted by molar-refractivity contribution is 7.09. The number of para-hydroxylation sites is 1. The molecule has 5 rings (SSSR count). The van der Waals surface area contributed by atoms with Gasteiger partial charge >= 0.3 is 0 Å². The number of benzene rings is 2. The van der Waals surface area contributed by atoms with Crippen LogP contribution in [0.5, 0.6) is 5.75 Å². The van der Waals surface area contributed by atoms with E-state index in [9.17, 15) is 4.79 Å². The predicted octanol–water partition coefficient (Wildman–Crippen LogP) is 4.76. The third-order valence-electron chi connectivity index (χ3n) is 5.15. The molecule has 1 aliphatic carbocycles. The molecular formula is C22H21N3O2S. The predicted molar refractivity (Wildman–Crippen MR) is 110 cm³/mol. The summed E-state index contributed by atoms with van der Waals surface area (Å²) in [4.78, 5) is 19.5. The number of aromatic nitrogens is 1. The van der Waals surface area contributed by atoms with Gasteiger partial charge in [0.1, 0.15) is 18.5 Å². The zero-order valence-electron chi connectivity index (χ0n) is 15.6. The third-order valence-corrected chi connectivity index (χ3v) is 5.97. The Labute approximate surface area is 168 Å². The van der Waals surface area contributed by atoms with Gasteiger partial charge < -0.3 is 15.0 Å². The normalized spacial score (nSPS) is 18.5. The minimum absolute atomic E-state index is 0.112. The smallest absolute Gasteiger partial charge is 0.258 e. The van der Waals surface area contributed by atoms with Crippen LogP contribution in [0.3, 0.4) is 0 Å². The molecule has 1 unspecified atom stereocenters. The molecule has 3 aromatic rings. The lowest BCUT2D eigenvalue weighted by atomic mass is 10.0. The van der Waals surface area contributed by atoms with Gasteiger partial charge in [-0.1, -0.05) is 24.3 Å². The summed E-state index contributed by atoms with van der Waals surface area (Å²) < 4.78 is 5.85. The van der Waals surface area contributed by atoms with Crippen molar-refractivity contribution >= 4 is 22.9 Å². The molecule has 0 saturated heterocycles. The van der Waals surface area contributed by atoms with Crippen LogP contribution in [0.15, 0.2) is 53.9 Å². The highest BCUT2D eigenvalue weighted by Crippen LogP contribution is 2.40. The van der Waals surface area contributed by atoms with Crippen LogP contribution in [-0.4, -0.2) is 21.8 Å². The van der Waals surface area contributed by atoms with E-state index in [4.69, 9.17) is 4.74 Å². The van der Waals surface area contributed by atoms with E-state index in [1.54, 1.807) is 11.3 Å². The van der Waals surface area contributed by atoms with Crippen molar-refractivity contribution in [1.82, 2.24) is 9.88 Å². The number of nitrogens with one attached hydrogen (secondary N) is 1. The molecule has 6 heteroatoms. The number of amides is 1. The molecule has 1 aromatic heterocycles. The van der Waals surface area contributed by atoms with E-state index in [0.717, 1.165) is 46.1 Å². The second-order valence-corrected chi connectivity index (χ2v) is 8.31. The van der Waals surface area contributed by atoms with Crippen LogP contribution in [0, 0.1) is 6.92 Å². The Morgan fingerprint density at radius 3 is 2.68 bits per heavy atom. The summed E-state index contributed by atoms with van der Waals surface area (Å²) in [6.45, 7) is 2.45. The average Bonchev–Trinajstić information content (AvgIpc) is 3.47. The first-order chi connectivity index (χ1) is 13.7. The molecule has 2 aliphatic rings. The Morgan fingerprint density at radius 2 is 1.96 bits per heavy atom. The molecule has 2 heterocycles. The van der Waals surface area contributed by atoms with Gasteiger partial charge in [-0.2, -0.15) is 0 Å². The number of hydrogen-bond acceptors (Lipinski definition) is 5. The Morgan fingerprint density at radius 1 is 1.18 bits per heavy atom. The lowest BCUT2D eigenvalue weighted by Crippen LogP contribution is -2.44. The van der Waals surface area contributed by atoms with E-state index in [-0.39, 0.29) is 12.1 Å². The van der Waals surface area contributed by atoms with Crippen LogP contribution in [0.1, 0.15) is 45.6 Å². The van der Waals surface area contributed by atoms with Crippen molar-refractivity contribution in [3.63, 3.8) is 0 Å². The fraction of sp³-hybridized carbons (Fsp3) is 0.273. The van der Waals surface area contributed by atoms with Gasteiger partial charge in [-0.25, -0.2) is 4.98 Å². The van der Waals surface area contributed by atoms with Gasteiger partial charge in [0.2, 0.25) is 0 Å². The summed E-state index contributed by atoms with van der Waals surface area (Å²) in [5.41, 5.74) is 3.66. The minimum Gasteiger partial charge on any atom is -0.487 e. The zero-order valence-corrected chi connectivity index (χ0v) is 16.4. The summed E-state index contributed by atoms with van der Waals surface area (Å²) in [5.74, 6) is 0.913. The molecule has 1 aliphatic heterocycles. The van der Waals surface area contributed by atoms with Crippen molar-refractivity contribution in [1.29, 1.82) is 0 Å². The molecule has 0 radical (unpaired) electrons. The standard InChI is InChI=1S/C22H21N3O2S/c1-14-23-16(13-28-14)12-27-18-10-6-15(7-11-18)21-24-20-5-3-2-4-19(20)22(26)25(21)17-8-9-17/h2-7,10-11,13,17,21,24H,8-9,12H2,1H3. The van der Waals surface area contributed by atoms with E-state index in [1.165, 1.54) is 0 Å². The number of nitrogens with zero attached hydrogens (tertiary/aromatic N) is 2. The molecule has 1 N–H and O–H groups in total. The first-order valence-corrected chi connectivity index (χ1v) is 10.4. The molecule has 2 aromatic carbocycles. The number of carbonyl (C=O) groups excluding carboxylic acids is 1. The average molecular weight is 391 g/mol. The second-order valence-electron chi connectivity index (χ2n) is 7.25. The van der Waals surface area contributed by atoms with Crippen LogP contribution in [0.4, 0.5) is 5.69 Å². The highest BCUT2D eigenvalue weighted by atomic mass is 32.1. The number of fused-ring (bicyclic) bond motifs is 1. The van der Waals surface area contributed by atoms with Gasteiger partial charge in [-0.05, 0) is 49.6 Å². The number of anilines is 1. The van der Waals surface area contributed by atoms with Crippen molar-refractivity contribution in [3.8, 4) is 5.75 Å². The number of carbonyl (C=O) groups is 1. The minimum atomic E-state index is -0.148. The molecule has 0 bridgehead atoms. The number of ether oxygens (including phenoxy) is 1. The SMILES string of the molecule is Cc1nc(COc2ccc(C3Nc4ccccc4C(=O)N3C3CC3)cc2)cs1. The van der Waals surface area contributed by atoms with Crippen molar-refractivity contribution in [2.75, 3.05) is 5.32 Å². The molecule has 1 atom stereocenters. The number of rotatable bonds is 5.